The van der Waals surface area contributed by atoms with Crippen LogP contribution in [-0.2, 0) is 17.6 Å². The first-order valence-corrected chi connectivity index (χ1v) is 8.11. The number of H-pyrrole nitrogens is 1. The van der Waals surface area contributed by atoms with Gasteiger partial charge in [0.1, 0.15) is 0 Å². The average molecular weight is 324 g/mol. The highest BCUT2D eigenvalue weighted by Crippen LogP contribution is 2.12. The lowest BCUT2D eigenvalue weighted by molar-refractivity contribution is -0.121. The number of carbonyl (C=O) groups is 1. The highest BCUT2D eigenvalue weighted by molar-refractivity contribution is 5.79. The van der Waals surface area contributed by atoms with E-state index < -0.39 is 0 Å². The molecule has 2 aromatic heterocycles. The van der Waals surface area contributed by atoms with Crippen LogP contribution >= 0.6 is 0 Å². The number of benzene rings is 1. The summed E-state index contributed by atoms with van der Waals surface area (Å²) in [6, 6.07) is 12.0. The topological polar surface area (TPSA) is 96.5 Å². The Balaban J connectivity index is 1.53. The van der Waals surface area contributed by atoms with Gasteiger partial charge in [0.2, 0.25) is 5.91 Å². The molecular weight excluding hydrogens is 304 g/mol. The molecular formula is C17H20N6O. The van der Waals surface area contributed by atoms with E-state index in [4.69, 9.17) is 0 Å². The number of aromatic nitrogens is 5. The van der Waals surface area contributed by atoms with Gasteiger partial charge in [0, 0.05) is 30.0 Å². The van der Waals surface area contributed by atoms with E-state index in [9.17, 15) is 4.79 Å². The third kappa shape index (κ3) is 4.13. The molecule has 0 fully saturated rings. The van der Waals surface area contributed by atoms with Gasteiger partial charge in [-0.15, -0.1) is 10.2 Å². The predicted molar refractivity (Wildman–Crippen MR) is 90.2 cm³/mol. The average Bonchev–Trinajstić information content (AvgIpc) is 3.12. The number of amides is 1. The zero-order valence-electron chi connectivity index (χ0n) is 13.6. The first-order valence-electron chi connectivity index (χ1n) is 8.11. The molecule has 0 spiro atoms. The number of nitrogens with one attached hydrogen (secondary N) is 2. The summed E-state index contributed by atoms with van der Waals surface area (Å²) in [6.07, 6.45) is 2.42. The summed E-state index contributed by atoms with van der Waals surface area (Å²) >= 11 is 0. The summed E-state index contributed by atoms with van der Waals surface area (Å²) in [4.78, 5) is 16.8. The standard InChI is InChI=1S/C17H20N6O/c1-2-13(11-16-20-22-23-21-16)19-17(24)10-9-14-8-7-12-5-3-4-6-15(12)18-14/h3-8,13H,2,9-11H2,1H3,(H,19,24)(H,20,21,22,23). The Morgan fingerprint density at radius 1 is 1.25 bits per heavy atom. The number of aromatic amines is 1. The van der Waals surface area contributed by atoms with E-state index in [0.717, 1.165) is 23.0 Å². The molecule has 2 heterocycles. The highest BCUT2D eigenvalue weighted by Gasteiger charge is 2.13. The molecule has 2 N–H and O–H groups in total. The van der Waals surface area contributed by atoms with Gasteiger partial charge in [0.15, 0.2) is 5.82 Å². The monoisotopic (exact) mass is 324 g/mol. The van der Waals surface area contributed by atoms with Gasteiger partial charge in [-0.2, -0.15) is 5.21 Å². The molecule has 1 atom stereocenters. The van der Waals surface area contributed by atoms with Gasteiger partial charge in [-0.1, -0.05) is 36.4 Å². The van der Waals surface area contributed by atoms with E-state index in [-0.39, 0.29) is 11.9 Å². The van der Waals surface area contributed by atoms with Crippen molar-refractivity contribution in [2.75, 3.05) is 0 Å². The second-order valence-electron chi connectivity index (χ2n) is 5.70. The van der Waals surface area contributed by atoms with Crippen molar-refractivity contribution in [1.82, 2.24) is 30.9 Å². The van der Waals surface area contributed by atoms with Crippen molar-refractivity contribution in [1.29, 1.82) is 0 Å². The van der Waals surface area contributed by atoms with Crippen molar-refractivity contribution in [2.45, 2.75) is 38.6 Å². The third-order valence-corrected chi connectivity index (χ3v) is 3.94. The van der Waals surface area contributed by atoms with Crippen LogP contribution in [0.15, 0.2) is 36.4 Å². The van der Waals surface area contributed by atoms with Gasteiger partial charge < -0.3 is 5.32 Å². The van der Waals surface area contributed by atoms with Crippen LogP contribution in [0.25, 0.3) is 10.9 Å². The molecule has 1 aromatic carbocycles. The summed E-state index contributed by atoms with van der Waals surface area (Å²) in [5.74, 6) is 0.624. The van der Waals surface area contributed by atoms with Crippen LogP contribution in [0.2, 0.25) is 0 Å². The molecule has 1 unspecified atom stereocenters. The van der Waals surface area contributed by atoms with Crippen LogP contribution in [0.3, 0.4) is 0 Å². The van der Waals surface area contributed by atoms with E-state index in [1.165, 1.54) is 0 Å². The molecule has 0 aliphatic carbocycles. The highest BCUT2D eigenvalue weighted by atomic mass is 16.1. The van der Waals surface area contributed by atoms with E-state index in [1.54, 1.807) is 0 Å². The zero-order chi connectivity index (χ0) is 16.8. The molecule has 3 rings (SSSR count). The molecule has 124 valence electrons. The molecule has 0 saturated heterocycles. The van der Waals surface area contributed by atoms with E-state index >= 15 is 0 Å². The number of para-hydroxylation sites is 1. The first-order chi connectivity index (χ1) is 11.7. The number of hydrogen-bond acceptors (Lipinski definition) is 5. The molecule has 0 radical (unpaired) electrons. The van der Waals surface area contributed by atoms with Crippen molar-refractivity contribution in [3.05, 3.63) is 47.9 Å². The van der Waals surface area contributed by atoms with E-state index in [0.29, 0.717) is 25.1 Å². The van der Waals surface area contributed by atoms with Crippen LogP contribution in [0.5, 0.6) is 0 Å². The number of aryl methyl sites for hydroxylation is 1. The summed E-state index contributed by atoms with van der Waals surface area (Å²) < 4.78 is 0. The number of hydrogen-bond donors (Lipinski definition) is 2. The molecule has 3 aromatic rings. The van der Waals surface area contributed by atoms with Gasteiger partial charge in [-0.25, -0.2) is 0 Å². The van der Waals surface area contributed by atoms with Crippen molar-refractivity contribution >= 4 is 16.8 Å². The maximum atomic E-state index is 12.2. The number of fused-ring (bicyclic) bond motifs is 1. The lowest BCUT2D eigenvalue weighted by atomic mass is 10.1. The van der Waals surface area contributed by atoms with E-state index in [1.807, 2.05) is 43.3 Å². The largest absolute Gasteiger partial charge is 0.353 e. The van der Waals surface area contributed by atoms with Crippen molar-refractivity contribution < 1.29 is 4.79 Å². The minimum atomic E-state index is 0.0136. The minimum absolute atomic E-state index is 0.0136. The number of pyridine rings is 1. The Morgan fingerprint density at radius 3 is 2.92 bits per heavy atom. The fraction of sp³-hybridized carbons (Fsp3) is 0.353. The fourth-order valence-corrected chi connectivity index (χ4v) is 2.58. The predicted octanol–water partition coefficient (Wildman–Crippen LogP) is 1.82. The minimum Gasteiger partial charge on any atom is -0.353 e. The molecule has 1 amide bonds. The Kier molecular flexibility index (Phi) is 5.10. The molecule has 24 heavy (non-hydrogen) atoms. The molecule has 0 aliphatic heterocycles. The van der Waals surface area contributed by atoms with Crippen LogP contribution in [0, 0.1) is 0 Å². The molecule has 7 heteroatoms. The van der Waals surface area contributed by atoms with Crippen molar-refractivity contribution in [3.8, 4) is 0 Å². The Morgan fingerprint density at radius 2 is 2.12 bits per heavy atom. The Labute approximate surface area is 139 Å². The third-order valence-electron chi connectivity index (χ3n) is 3.94. The summed E-state index contributed by atoms with van der Waals surface area (Å²) in [5.41, 5.74) is 1.88. The smallest absolute Gasteiger partial charge is 0.220 e. The second-order valence-corrected chi connectivity index (χ2v) is 5.70. The molecule has 0 saturated carbocycles. The van der Waals surface area contributed by atoms with Gasteiger partial charge in [0.25, 0.3) is 0 Å². The number of carbonyl (C=O) groups excluding carboxylic acids is 1. The van der Waals surface area contributed by atoms with Gasteiger partial charge in [-0.3, -0.25) is 9.78 Å². The normalized spacial score (nSPS) is 12.2. The van der Waals surface area contributed by atoms with Gasteiger partial charge in [-0.05, 0) is 25.0 Å². The van der Waals surface area contributed by atoms with Crippen LogP contribution in [0.4, 0.5) is 0 Å². The second kappa shape index (κ2) is 7.63. The van der Waals surface area contributed by atoms with Crippen LogP contribution in [-0.4, -0.2) is 37.6 Å². The number of nitrogens with zero attached hydrogens (tertiary/aromatic N) is 4. The zero-order valence-corrected chi connectivity index (χ0v) is 13.6. The molecule has 0 bridgehead atoms. The summed E-state index contributed by atoms with van der Waals surface area (Å²) in [5, 5.41) is 17.9. The molecule has 0 aliphatic rings. The van der Waals surface area contributed by atoms with Crippen LogP contribution < -0.4 is 5.32 Å². The van der Waals surface area contributed by atoms with Gasteiger partial charge >= 0.3 is 0 Å². The summed E-state index contributed by atoms with van der Waals surface area (Å²) in [7, 11) is 0. The SMILES string of the molecule is CCC(Cc1nn[nH]n1)NC(=O)CCc1ccc2ccccc2n1. The molecule has 7 nitrogen and oxygen atoms in total. The number of rotatable bonds is 7. The maximum Gasteiger partial charge on any atom is 0.220 e. The fourth-order valence-electron chi connectivity index (χ4n) is 2.58. The lowest BCUT2D eigenvalue weighted by Crippen LogP contribution is -2.36. The number of tetrazole rings is 1. The summed E-state index contributed by atoms with van der Waals surface area (Å²) in [6.45, 7) is 2.02. The Hall–Kier alpha value is -2.83. The van der Waals surface area contributed by atoms with Crippen molar-refractivity contribution in [2.24, 2.45) is 0 Å². The van der Waals surface area contributed by atoms with Crippen molar-refractivity contribution in [3.63, 3.8) is 0 Å². The lowest BCUT2D eigenvalue weighted by Gasteiger charge is -2.15. The maximum absolute atomic E-state index is 12.2. The van der Waals surface area contributed by atoms with E-state index in [2.05, 4.69) is 30.9 Å². The first kappa shape index (κ1) is 16.0. The quantitative estimate of drug-likeness (QED) is 0.691. The van der Waals surface area contributed by atoms with Crippen LogP contribution in [0.1, 0.15) is 31.3 Å². The Bertz CT molecular complexity index is 802. The van der Waals surface area contributed by atoms with Gasteiger partial charge in [0.05, 0.1) is 5.52 Å².